The molecule has 2 rings (SSSR count). The Bertz CT molecular complexity index is 534. The van der Waals surface area contributed by atoms with E-state index in [0.29, 0.717) is 0 Å². The van der Waals surface area contributed by atoms with Crippen molar-refractivity contribution in [1.82, 2.24) is 4.98 Å². The van der Waals surface area contributed by atoms with Crippen LogP contribution >= 0.6 is 0 Å². The van der Waals surface area contributed by atoms with Gasteiger partial charge in [-0.25, -0.2) is 4.39 Å². The summed E-state index contributed by atoms with van der Waals surface area (Å²) in [7, 11) is 0. The molecule has 0 saturated carbocycles. The summed E-state index contributed by atoms with van der Waals surface area (Å²) in [6.07, 6.45) is 3.82. The maximum atomic E-state index is 12.5. The molecule has 1 aromatic rings. The van der Waals surface area contributed by atoms with E-state index in [9.17, 15) is 14.0 Å². The highest BCUT2D eigenvalue weighted by molar-refractivity contribution is 6.01. The summed E-state index contributed by atoms with van der Waals surface area (Å²) in [5, 5.41) is 2.20. The van der Waals surface area contributed by atoms with Gasteiger partial charge in [0.2, 0.25) is 0 Å². The number of anilines is 1. The molecule has 0 atom stereocenters. The molecule has 1 aromatic heterocycles. The molecule has 0 spiro atoms. The van der Waals surface area contributed by atoms with E-state index in [4.69, 9.17) is 0 Å². The van der Waals surface area contributed by atoms with Crippen LogP contribution in [0, 0.1) is 0 Å². The van der Waals surface area contributed by atoms with Crippen LogP contribution in [0.25, 0.3) is 0 Å². The molecule has 2 N–H and O–H groups in total. The molecule has 4 nitrogen and oxygen atoms in total. The Morgan fingerprint density at radius 3 is 2.82 bits per heavy atom. The number of aryl methyl sites for hydroxylation is 2. The zero-order valence-electron chi connectivity index (χ0n) is 9.31. The number of hydrogen-bond donors (Lipinski definition) is 2. The molecule has 0 bridgehead atoms. The summed E-state index contributed by atoms with van der Waals surface area (Å²) < 4.78 is 12.5. The molecule has 0 unspecified atom stereocenters. The first-order chi connectivity index (χ1) is 8.08. The van der Waals surface area contributed by atoms with E-state index in [1.54, 1.807) is 6.07 Å². The quantitative estimate of drug-likeness (QED) is 0.767. The van der Waals surface area contributed by atoms with Gasteiger partial charge >= 0.3 is 0 Å². The molecule has 0 aromatic carbocycles. The van der Waals surface area contributed by atoms with Crippen molar-refractivity contribution < 1.29 is 9.18 Å². The van der Waals surface area contributed by atoms with Crippen LogP contribution in [0.5, 0.6) is 0 Å². The van der Waals surface area contributed by atoms with E-state index in [1.807, 2.05) is 0 Å². The molecular weight excluding hydrogens is 223 g/mol. The highest BCUT2D eigenvalue weighted by Gasteiger charge is 2.14. The monoisotopic (exact) mass is 236 g/mol. The average molecular weight is 236 g/mol. The number of rotatable bonds is 2. The highest BCUT2D eigenvalue weighted by atomic mass is 19.1. The number of halogens is 1. The molecule has 1 amide bonds. The number of amides is 1. The van der Waals surface area contributed by atoms with Gasteiger partial charge in [-0.2, -0.15) is 0 Å². The van der Waals surface area contributed by atoms with Crippen LogP contribution in [-0.4, -0.2) is 10.9 Å². The predicted octanol–water partition coefficient (Wildman–Crippen LogP) is 1.68. The molecular formula is C12H13FN2O2. The second kappa shape index (κ2) is 4.53. The largest absolute Gasteiger partial charge is 0.324 e. The van der Waals surface area contributed by atoms with Gasteiger partial charge in [-0.15, -0.1) is 0 Å². The molecule has 1 aliphatic rings. The lowest BCUT2D eigenvalue weighted by Crippen LogP contribution is -2.22. The van der Waals surface area contributed by atoms with E-state index in [2.05, 4.69) is 16.9 Å². The van der Waals surface area contributed by atoms with Crippen LogP contribution in [0.3, 0.4) is 0 Å². The molecule has 0 radical (unpaired) electrons. The molecule has 1 heterocycles. The average Bonchev–Trinajstić information content (AvgIpc) is 2.29. The number of pyridine rings is 1. The van der Waals surface area contributed by atoms with E-state index in [1.165, 1.54) is 0 Å². The van der Waals surface area contributed by atoms with Crippen LogP contribution in [0.15, 0.2) is 23.3 Å². The minimum absolute atomic E-state index is 0.0782. The Labute approximate surface area is 97.5 Å². The van der Waals surface area contributed by atoms with E-state index in [0.717, 1.165) is 36.9 Å². The van der Waals surface area contributed by atoms with Crippen molar-refractivity contribution in [3.63, 3.8) is 0 Å². The van der Waals surface area contributed by atoms with Crippen LogP contribution in [0.1, 0.15) is 24.1 Å². The maximum Gasteiger partial charge on any atom is 0.283 e. The Kier molecular flexibility index (Phi) is 3.08. The fourth-order valence-electron chi connectivity index (χ4n) is 1.96. The number of H-pyrrole nitrogens is 1. The summed E-state index contributed by atoms with van der Waals surface area (Å²) in [4.78, 5) is 25.4. The second-order valence-corrected chi connectivity index (χ2v) is 4.08. The van der Waals surface area contributed by atoms with Crippen LogP contribution < -0.4 is 10.9 Å². The van der Waals surface area contributed by atoms with E-state index < -0.39 is 17.3 Å². The van der Waals surface area contributed by atoms with Gasteiger partial charge in [-0.1, -0.05) is 6.58 Å². The Morgan fingerprint density at radius 2 is 2.12 bits per heavy atom. The van der Waals surface area contributed by atoms with Gasteiger partial charge in [0, 0.05) is 5.69 Å². The topological polar surface area (TPSA) is 62.0 Å². The lowest BCUT2D eigenvalue weighted by Gasteiger charge is -2.16. The molecule has 0 saturated heterocycles. The zero-order valence-corrected chi connectivity index (χ0v) is 9.31. The molecule has 5 heteroatoms. The number of aromatic amines is 1. The number of hydrogen-bond acceptors (Lipinski definition) is 2. The van der Waals surface area contributed by atoms with Gasteiger partial charge in [-0.3, -0.25) is 9.59 Å². The summed E-state index contributed by atoms with van der Waals surface area (Å²) in [5.41, 5.74) is 1.60. The smallest absolute Gasteiger partial charge is 0.283 e. The van der Waals surface area contributed by atoms with Gasteiger partial charge in [0.1, 0.15) is 5.69 Å². The van der Waals surface area contributed by atoms with Crippen molar-refractivity contribution in [3.8, 4) is 0 Å². The van der Waals surface area contributed by atoms with Crippen LogP contribution in [0.4, 0.5) is 10.1 Å². The van der Waals surface area contributed by atoms with Crippen molar-refractivity contribution in [2.45, 2.75) is 25.7 Å². The Hall–Kier alpha value is -1.91. The predicted molar refractivity (Wildman–Crippen MR) is 62.6 cm³/mol. The minimum atomic E-state index is -1.11. The standard InChI is InChI=1S/C12H13FN2O2/c1-7(13)11(16)15-10-6-8-4-2-3-5-9(8)14-12(10)17/h6H,1-5H2,(H,14,17)(H,15,16). The summed E-state index contributed by atoms with van der Waals surface area (Å²) in [6, 6.07) is 1.62. The van der Waals surface area contributed by atoms with Gasteiger partial charge in [0.15, 0.2) is 5.83 Å². The SMILES string of the molecule is C=C(F)C(=O)Nc1cc2c([nH]c1=O)CCCC2. The number of carbonyl (C=O) groups is 1. The van der Waals surface area contributed by atoms with Gasteiger partial charge < -0.3 is 10.3 Å². The number of fused-ring (bicyclic) bond motifs is 1. The molecule has 90 valence electrons. The van der Waals surface area contributed by atoms with Crippen molar-refractivity contribution in [1.29, 1.82) is 0 Å². The maximum absolute atomic E-state index is 12.5. The summed E-state index contributed by atoms with van der Waals surface area (Å²) in [6.45, 7) is 2.88. The van der Waals surface area contributed by atoms with Crippen molar-refractivity contribution >= 4 is 11.6 Å². The Balaban J connectivity index is 2.32. The van der Waals surface area contributed by atoms with E-state index >= 15 is 0 Å². The zero-order chi connectivity index (χ0) is 12.4. The highest BCUT2D eigenvalue weighted by Crippen LogP contribution is 2.20. The number of carbonyl (C=O) groups excluding carboxylic acids is 1. The van der Waals surface area contributed by atoms with Gasteiger partial charge in [0.25, 0.3) is 11.5 Å². The van der Waals surface area contributed by atoms with Gasteiger partial charge in [0.05, 0.1) is 0 Å². The Morgan fingerprint density at radius 1 is 1.41 bits per heavy atom. The van der Waals surface area contributed by atoms with Gasteiger partial charge in [-0.05, 0) is 37.3 Å². The van der Waals surface area contributed by atoms with E-state index in [-0.39, 0.29) is 5.69 Å². The van der Waals surface area contributed by atoms with Crippen LogP contribution in [-0.2, 0) is 17.6 Å². The van der Waals surface area contributed by atoms with Crippen molar-refractivity contribution in [2.24, 2.45) is 0 Å². The van der Waals surface area contributed by atoms with Crippen LogP contribution in [0.2, 0.25) is 0 Å². The summed E-state index contributed by atoms with van der Waals surface area (Å²) >= 11 is 0. The first kappa shape index (κ1) is 11.6. The normalized spacial score (nSPS) is 13.9. The summed E-state index contributed by atoms with van der Waals surface area (Å²) in [5.74, 6) is -2.09. The lowest BCUT2D eigenvalue weighted by molar-refractivity contribution is -0.114. The minimum Gasteiger partial charge on any atom is -0.324 e. The number of aromatic nitrogens is 1. The molecule has 1 aliphatic carbocycles. The molecule has 17 heavy (non-hydrogen) atoms. The first-order valence-corrected chi connectivity index (χ1v) is 5.49. The number of nitrogens with one attached hydrogen (secondary N) is 2. The third-order valence-electron chi connectivity index (χ3n) is 2.83. The molecule has 0 fully saturated rings. The lowest BCUT2D eigenvalue weighted by atomic mass is 9.96. The second-order valence-electron chi connectivity index (χ2n) is 4.08. The fourth-order valence-corrected chi connectivity index (χ4v) is 1.96. The fraction of sp³-hybridized carbons (Fsp3) is 0.333. The third kappa shape index (κ3) is 2.43. The van der Waals surface area contributed by atoms with Crippen molar-refractivity contribution in [3.05, 3.63) is 40.1 Å². The third-order valence-corrected chi connectivity index (χ3v) is 2.83. The first-order valence-electron chi connectivity index (χ1n) is 5.49. The van der Waals surface area contributed by atoms with Crippen molar-refractivity contribution in [2.75, 3.05) is 5.32 Å². The molecule has 0 aliphatic heterocycles.